The number of thioether (sulfide) groups is 1. The number of nitrogens with zero attached hydrogens (tertiary/aromatic N) is 3. The van der Waals surface area contributed by atoms with Gasteiger partial charge in [-0.15, -0.1) is 11.3 Å². The number of aromatic nitrogens is 2. The number of rotatable bonds is 2. The molecule has 2 aromatic heterocycles. The van der Waals surface area contributed by atoms with Crippen LogP contribution in [0.4, 0.5) is 0 Å². The highest BCUT2D eigenvalue weighted by Gasteiger charge is 2.26. The van der Waals surface area contributed by atoms with Crippen molar-refractivity contribution in [1.29, 1.82) is 0 Å². The Balaban J connectivity index is 1.74. The highest BCUT2D eigenvalue weighted by atomic mass is 32.2. The summed E-state index contributed by atoms with van der Waals surface area (Å²) in [6, 6.07) is 4.31. The van der Waals surface area contributed by atoms with Gasteiger partial charge in [-0.05, 0) is 31.7 Å². The van der Waals surface area contributed by atoms with Crippen LogP contribution in [0.3, 0.4) is 0 Å². The molecular weight excluding hydrogens is 314 g/mol. The summed E-state index contributed by atoms with van der Waals surface area (Å²) in [6.45, 7) is 5.52. The van der Waals surface area contributed by atoms with Gasteiger partial charge in [-0.1, -0.05) is 6.07 Å². The van der Waals surface area contributed by atoms with Crippen molar-refractivity contribution < 1.29 is 4.79 Å². The minimum absolute atomic E-state index is 0.135. The van der Waals surface area contributed by atoms with Crippen LogP contribution in [0.5, 0.6) is 0 Å². The Morgan fingerprint density at radius 1 is 1.36 bits per heavy atom. The summed E-state index contributed by atoms with van der Waals surface area (Å²) in [7, 11) is 1.89. The van der Waals surface area contributed by atoms with Gasteiger partial charge in [-0.2, -0.15) is 16.9 Å². The zero-order chi connectivity index (χ0) is 15.7. The predicted octanol–water partition coefficient (Wildman–Crippen LogP) is 3.42. The molecule has 1 fully saturated rings. The average molecular weight is 335 g/mol. The fraction of sp³-hybridized carbons (Fsp3) is 0.500. The summed E-state index contributed by atoms with van der Waals surface area (Å²) < 4.78 is 1.80. The van der Waals surface area contributed by atoms with Gasteiger partial charge in [0.25, 0.3) is 5.91 Å². The maximum atomic E-state index is 12.9. The lowest BCUT2D eigenvalue weighted by molar-refractivity contribution is 0.0765. The Kier molecular flexibility index (Phi) is 4.59. The molecule has 1 amide bonds. The molecule has 2 aromatic rings. The number of thiophene rings is 1. The van der Waals surface area contributed by atoms with E-state index in [1.807, 2.05) is 48.9 Å². The molecule has 1 aliphatic heterocycles. The molecule has 0 bridgehead atoms. The monoisotopic (exact) mass is 335 g/mol. The molecule has 0 saturated carbocycles. The van der Waals surface area contributed by atoms with E-state index in [9.17, 15) is 4.79 Å². The summed E-state index contributed by atoms with van der Waals surface area (Å²) in [5.41, 5.74) is 2.56. The number of hydrogen-bond acceptors (Lipinski definition) is 4. The number of carbonyl (C=O) groups is 1. The Bertz CT molecular complexity index is 663. The molecule has 0 aromatic carbocycles. The van der Waals surface area contributed by atoms with Gasteiger partial charge in [0.05, 0.1) is 11.3 Å². The lowest BCUT2D eigenvalue weighted by Crippen LogP contribution is -2.33. The van der Waals surface area contributed by atoms with Crippen molar-refractivity contribution in [3.63, 3.8) is 0 Å². The molecule has 118 valence electrons. The van der Waals surface area contributed by atoms with E-state index in [0.717, 1.165) is 42.2 Å². The van der Waals surface area contributed by atoms with E-state index in [1.165, 1.54) is 4.88 Å². The Morgan fingerprint density at radius 2 is 2.18 bits per heavy atom. The molecule has 3 rings (SSSR count). The highest BCUT2D eigenvalue weighted by Crippen LogP contribution is 2.37. The van der Waals surface area contributed by atoms with E-state index in [1.54, 1.807) is 4.68 Å². The summed E-state index contributed by atoms with van der Waals surface area (Å²) in [4.78, 5) is 16.3. The highest BCUT2D eigenvalue weighted by molar-refractivity contribution is 7.99. The maximum absolute atomic E-state index is 12.9. The van der Waals surface area contributed by atoms with Gasteiger partial charge in [0.2, 0.25) is 0 Å². The largest absolute Gasteiger partial charge is 0.338 e. The third-order valence-electron chi connectivity index (χ3n) is 4.21. The van der Waals surface area contributed by atoms with Crippen molar-refractivity contribution in [3.05, 3.63) is 39.3 Å². The fourth-order valence-electron chi connectivity index (χ4n) is 2.92. The van der Waals surface area contributed by atoms with Crippen LogP contribution in [0.2, 0.25) is 0 Å². The Hall–Kier alpha value is -1.27. The predicted molar refractivity (Wildman–Crippen MR) is 92.7 cm³/mol. The van der Waals surface area contributed by atoms with E-state index < -0.39 is 0 Å². The van der Waals surface area contributed by atoms with Gasteiger partial charge < -0.3 is 4.90 Å². The zero-order valence-corrected chi connectivity index (χ0v) is 14.8. The first-order chi connectivity index (χ1) is 10.6. The molecule has 4 nitrogen and oxygen atoms in total. The Labute approximate surface area is 139 Å². The van der Waals surface area contributed by atoms with E-state index >= 15 is 0 Å². The quantitative estimate of drug-likeness (QED) is 0.844. The molecular formula is C16H21N3OS2. The minimum atomic E-state index is 0.135. The summed E-state index contributed by atoms with van der Waals surface area (Å²) in [5.74, 6) is 1.13. The Morgan fingerprint density at radius 3 is 2.82 bits per heavy atom. The van der Waals surface area contributed by atoms with Crippen LogP contribution in [0, 0.1) is 13.8 Å². The smallest absolute Gasteiger partial charge is 0.257 e. The van der Waals surface area contributed by atoms with Gasteiger partial charge in [0, 0.05) is 41.7 Å². The molecule has 1 aliphatic rings. The molecule has 0 aliphatic carbocycles. The van der Waals surface area contributed by atoms with E-state index in [-0.39, 0.29) is 5.91 Å². The van der Waals surface area contributed by atoms with Crippen LogP contribution in [0.1, 0.15) is 38.3 Å². The van der Waals surface area contributed by atoms with Crippen LogP contribution in [-0.2, 0) is 7.05 Å². The van der Waals surface area contributed by atoms with Crippen molar-refractivity contribution in [2.24, 2.45) is 7.05 Å². The van der Waals surface area contributed by atoms with Crippen LogP contribution in [0.15, 0.2) is 17.5 Å². The standard InChI is InChI=1S/C16H21N3OS2/c1-11-15(12(2)18(3)17-11)16(20)19-7-6-14(22-10-8-19)13-5-4-9-21-13/h4-5,9,14H,6-8,10H2,1-3H3/t14-/m1/s1. The summed E-state index contributed by atoms with van der Waals surface area (Å²) in [5, 5.41) is 7.02. The van der Waals surface area contributed by atoms with E-state index in [4.69, 9.17) is 0 Å². The molecule has 0 N–H and O–H groups in total. The molecule has 0 spiro atoms. The molecule has 6 heteroatoms. The van der Waals surface area contributed by atoms with Crippen LogP contribution < -0.4 is 0 Å². The molecule has 0 radical (unpaired) electrons. The number of amides is 1. The third-order valence-corrected chi connectivity index (χ3v) is 6.66. The maximum Gasteiger partial charge on any atom is 0.257 e. The summed E-state index contributed by atoms with van der Waals surface area (Å²) in [6.07, 6.45) is 1.02. The lowest BCUT2D eigenvalue weighted by Gasteiger charge is -2.20. The van der Waals surface area contributed by atoms with Crippen molar-refractivity contribution in [2.45, 2.75) is 25.5 Å². The van der Waals surface area contributed by atoms with Crippen molar-refractivity contribution in [3.8, 4) is 0 Å². The topological polar surface area (TPSA) is 38.1 Å². The van der Waals surface area contributed by atoms with Crippen molar-refractivity contribution in [2.75, 3.05) is 18.8 Å². The van der Waals surface area contributed by atoms with Crippen molar-refractivity contribution in [1.82, 2.24) is 14.7 Å². The molecule has 1 saturated heterocycles. The van der Waals surface area contributed by atoms with Gasteiger partial charge >= 0.3 is 0 Å². The van der Waals surface area contributed by atoms with Crippen LogP contribution in [0.25, 0.3) is 0 Å². The summed E-state index contributed by atoms with van der Waals surface area (Å²) >= 11 is 3.78. The number of carbonyl (C=O) groups excluding carboxylic acids is 1. The average Bonchev–Trinajstić information content (AvgIpc) is 3.01. The minimum Gasteiger partial charge on any atom is -0.338 e. The second-order valence-electron chi connectivity index (χ2n) is 5.63. The first-order valence-electron chi connectivity index (χ1n) is 7.52. The molecule has 1 atom stereocenters. The third kappa shape index (κ3) is 2.94. The van der Waals surface area contributed by atoms with E-state index in [2.05, 4.69) is 22.6 Å². The van der Waals surface area contributed by atoms with Gasteiger partial charge in [0.15, 0.2) is 0 Å². The van der Waals surface area contributed by atoms with Gasteiger partial charge in [-0.25, -0.2) is 0 Å². The fourth-order valence-corrected chi connectivity index (χ4v) is 5.15. The molecule has 22 heavy (non-hydrogen) atoms. The molecule has 3 heterocycles. The van der Waals surface area contributed by atoms with Gasteiger partial charge in [-0.3, -0.25) is 9.48 Å². The van der Waals surface area contributed by atoms with Gasteiger partial charge in [0.1, 0.15) is 0 Å². The zero-order valence-electron chi connectivity index (χ0n) is 13.2. The van der Waals surface area contributed by atoms with E-state index in [0.29, 0.717) is 5.25 Å². The first kappa shape index (κ1) is 15.6. The normalized spacial score (nSPS) is 19.2. The number of hydrogen-bond donors (Lipinski definition) is 0. The van der Waals surface area contributed by atoms with Crippen LogP contribution in [-0.4, -0.2) is 39.4 Å². The molecule has 0 unspecified atom stereocenters. The second-order valence-corrected chi connectivity index (χ2v) is 7.92. The van der Waals surface area contributed by atoms with Crippen molar-refractivity contribution >= 4 is 29.0 Å². The van der Waals surface area contributed by atoms with Crippen LogP contribution >= 0.6 is 23.1 Å². The SMILES string of the molecule is Cc1nn(C)c(C)c1C(=O)N1CCS[C@@H](c2cccs2)CC1. The number of aryl methyl sites for hydroxylation is 2. The second kappa shape index (κ2) is 6.46. The first-order valence-corrected chi connectivity index (χ1v) is 9.45. The lowest BCUT2D eigenvalue weighted by atomic mass is 10.1.